The number of hydrogen-bond donors (Lipinski definition) is 1. The number of ether oxygens (including phenoxy) is 1. The van der Waals surface area contributed by atoms with Crippen molar-refractivity contribution in [2.45, 2.75) is 57.6 Å². The third-order valence-electron chi connectivity index (χ3n) is 5.19. The van der Waals surface area contributed by atoms with Crippen LogP contribution in [0.15, 0.2) is 0 Å². The second-order valence-electron chi connectivity index (χ2n) is 6.47. The molecule has 0 aromatic heterocycles. The third-order valence-corrected chi connectivity index (χ3v) is 5.19. The van der Waals surface area contributed by atoms with E-state index in [9.17, 15) is 0 Å². The van der Waals surface area contributed by atoms with E-state index >= 15 is 0 Å². The maximum atomic E-state index is 6.24. The Morgan fingerprint density at radius 1 is 1.20 bits per heavy atom. The summed E-state index contributed by atoms with van der Waals surface area (Å²) >= 11 is 0. The summed E-state index contributed by atoms with van der Waals surface area (Å²) in [5, 5.41) is 0. The number of nitrogens with zero attached hydrogens (tertiary/aromatic N) is 2. The Hall–Kier alpha value is -0.160. The monoisotopic (exact) mass is 283 g/mol. The van der Waals surface area contributed by atoms with E-state index in [4.69, 9.17) is 10.5 Å². The molecule has 0 bridgehead atoms. The second kappa shape index (κ2) is 7.74. The molecule has 0 aliphatic carbocycles. The normalized spacial score (nSPS) is 34.0. The summed E-state index contributed by atoms with van der Waals surface area (Å²) in [5.41, 5.74) is 6.47. The molecule has 0 amide bonds. The first kappa shape index (κ1) is 16.2. The van der Waals surface area contributed by atoms with Crippen molar-refractivity contribution in [3.63, 3.8) is 0 Å². The summed E-state index contributed by atoms with van der Waals surface area (Å²) in [6.07, 6.45) is 6.53. The van der Waals surface area contributed by atoms with E-state index in [-0.39, 0.29) is 5.54 Å². The number of rotatable bonds is 5. The highest BCUT2D eigenvalue weighted by Crippen LogP contribution is 2.30. The Balaban J connectivity index is 2.01. The van der Waals surface area contributed by atoms with Crippen molar-refractivity contribution in [3.8, 4) is 0 Å². The van der Waals surface area contributed by atoms with Gasteiger partial charge in [0.2, 0.25) is 0 Å². The predicted molar refractivity (Wildman–Crippen MR) is 84.0 cm³/mol. The summed E-state index contributed by atoms with van der Waals surface area (Å²) in [4.78, 5) is 5.27. The Morgan fingerprint density at radius 2 is 2.05 bits per heavy atom. The van der Waals surface area contributed by atoms with Gasteiger partial charge in [-0.25, -0.2) is 0 Å². The maximum Gasteiger partial charge on any atom is 0.0700 e. The minimum absolute atomic E-state index is 0.222. The van der Waals surface area contributed by atoms with E-state index < -0.39 is 0 Å². The summed E-state index contributed by atoms with van der Waals surface area (Å²) < 4.78 is 5.84. The van der Waals surface area contributed by atoms with Crippen molar-refractivity contribution in [2.75, 3.05) is 45.9 Å². The number of morpholine rings is 1. The molecule has 2 saturated heterocycles. The molecule has 4 nitrogen and oxygen atoms in total. The van der Waals surface area contributed by atoms with Gasteiger partial charge in [-0.05, 0) is 51.7 Å². The van der Waals surface area contributed by atoms with Crippen LogP contribution in [0.5, 0.6) is 0 Å². The van der Waals surface area contributed by atoms with Gasteiger partial charge in [-0.3, -0.25) is 4.90 Å². The van der Waals surface area contributed by atoms with E-state index in [2.05, 4.69) is 23.6 Å². The highest BCUT2D eigenvalue weighted by Gasteiger charge is 2.39. The standard InChI is InChI=1S/C16H33N3O/c1-3-8-18-9-5-6-16(14-17,7-10-18)19-11-12-20-15(4-2)13-19/h15H,3-14,17H2,1-2H3. The predicted octanol–water partition coefficient (Wildman–Crippen LogP) is 1.69. The molecule has 2 aliphatic rings. The maximum absolute atomic E-state index is 6.24. The van der Waals surface area contributed by atoms with Crippen LogP contribution in [-0.4, -0.2) is 67.3 Å². The SMILES string of the molecule is CCCN1CCCC(CN)(N2CCOC(CC)C2)CC1. The molecular formula is C16H33N3O. The van der Waals surface area contributed by atoms with Gasteiger partial charge >= 0.3 is 0 Å². The van der Waals surface area contributed by atoms with Crippen LogP contribution in [0.2, 0.25) is 0 Å². The summed E-state index contributed by atoms with van der Waals surface area (Å²) in [6.45, 7) is 12.0. The fourth-order valence-electron chi connectivity index (χ4n) is 3.82. The van der Waals surface area contributed by atoms with Gasteiger partial charge in [-0.2, -0.15) is 0 Å². The van der Waals surface area contributed by atoms with Gasteiger partial charge in [0, 0.05) is 25.2 Å². The molecule has 0 spiro atoms. The van der Waals surface area contributed by atoms with E-state index in [1.54, 1.807) is 0 Å². The van der Waals surface area contributed by atoms with Crippen molar-refractivity contribution in [1.82, 2.24) is 9.80 Å². The van der Waals surface area contributed by atoms with E-state index in [1.165, 1.54) is 45.3 Å². The molecule has 0 aromatic rings. The van der Waals surface area contributed by atoms with Crippen LogP contribution < -0.4 is 5.73 Å². The number of hydrogen-bond acceptors (Lipinski definition) is 4. The van der Waals surface area contributed by atoms with Crippen LogP contribution in [0, 0.1) is 0 Å². The second-order valence-corrected chi connectivity index (χ2v) is 6.47. The Labute approximate surface area is 124 Å². The van der Waals surface area contributed by atoms with Crippen LogP contribution in [0.4, 0.5) is 0 Å². The quantitative estimate of drug-likeness (QED) is 0.834. The zero-order valence-corrected chi connectivity index (χ0v) is 13.4. The first-order valence-corrected chi connectivity index (χ1v) is 8.53. The first-order chi connectivity index (χ1) is 9.74. The van der Waals surface area contributed by atoms with E-state index in [0.29, 0.717) is 6.10 Å². The molecule has 4 heteroatoms. The molecule has 2 N–H and O–H groups in total. The van der Waals surface area contributed by atoms with Crippen molar-refractivity contribution < 1.29 is 4.74 Å². The molecule has 2 unspecified atom stereocenters. The first-order valence-electron chi connectivity index (χ1n) is 8.53. The van der Waals surface area contributed by atoms with Crippen LogP contribution in [0.1, 0.15) is 46.0 Å². The number of likely N-dealkylation sites (tertiary alicyclic amines) is 1. The van der Waals surface area contributed by atoms with Crippen LogP contribution in [0.25, 0.3) is 0 Å². The van der Waals surface area contributed by atoms with Gasteiger partial charge in [0.25, 0.3) is 0 Å². The van der Waals surface area contributed by atoms with Crippen molar-refractivity contribution in [2.24, 2.45) is 5.73 Å². The average molecular weight is 283 g/mol. The zero-order valence-electron chi connectivity index (χ0n) is 13.4. The molecule has 2 fully saturated rings. The highest BCUT2D eigenvalue weighted by molar-refractivity contribution is 4.96. The van der Waals surface area contributed by atoms with Crippen LogP contribution >= 0.6 is 0 Å². The molecule has 2 aliphatic heterocycles. The van der Waals surface area contributed by atoms with Crippen molar-refractivity contribution in [3.05, 3.63) is 0 Å². The summed E-state index contributed by atoms with van der Waals surface area (Å²) in [5.74, 6) is 0. The van der Waals surface area contributed by atoms with Gasteiger partial charge < -0.3 is 15.4 Å². The average Bonchev–Trinajstić information content (AvgIpc) is 2.71. The van der Waals surface area contributed by atoms with Gasteiger partial charge in [-0.1, -0.05) is 13.8 Å². The molecule has 2 heterocycles. The summed E-state index contributed by atoms with van der Waals surface area (Å²) in [7, 11) is 0. The largest absolute Gasteiger partial charge is 0.376 e. The topological polar surface area (TPSA) is 41.7 Å². The van der Waals surface area contributed by atoms with E-state index in [0.717, 1.165) is 32.7 Å². The highest BCUT2D eigenvalue weighted by atomic mass is 16.5. The zero-order chi connectivity index (χ0) is 14.4. The van der Waals surface area contributed by atoms with Crippen LogP contribution in [-0.2, 0) is 4.74 Å². The van der Waals surface area contributed by atoms with Gasteiger partial charge in [-0.15, -0.1) is 0 Å². The lowest BCUT2D eigenvalue weighted by atomic mass is 9.87. The van der Waals surface area contributed by atoms with Crippen molar-refractivity contribution >= 4 is 0 Å². The molecule has 0 aromatic carbocycles. The van der Waals surface area contributed by atoms with E-state index in [1.807, 2.05) is 0 Å². The summed E-state index contributed by atoms with van der Waals surface area (Å²) in [6, 6.07) is 0. The minimum atomic E-state index is 0.222. The Morgan fingerprint density at radius 3 is 2.75 bits per heavy atom. The number of nitrogens with two attached hydrogens (primary N) is 1. The van der Waals surface area contributed by atoms with Crippen molar-refractivity contribution in [1.29, 1.82) is 0 Å². The Bertz CT molecular complexity index is 287. The fraction of sp³-hybridized carbons (Fsp3) is 1.00. The van der Waals surface area contributed by atoms with Crippen LogP contribution in [0.3, 0.4) is 0 Å². The fourth-order valence-corrected chi connectivity index (χ4v) is 3.82. The van der Waals surface area contributed by atoms with Gasteiger partial charge in [0.05, 0.1) is 12.7 Å². The van der Waals surface area contributed by atoms with Gasteiger partial charge in [0.15, 0.2) is 0 Å². The molecule has 0 saturated carbocycles. The Kier molecular flexibility index (Phi) is 6.27. The lowest BCUT2D eigenvalue weighted by Crippen LogP contribution is -2.59. The molecule has 2 atom stereocenters. The molecule has 118 valence electrons. The third kappa shape index (κ3) is 3.73. The lowest BCUT2D eigenvalue weighted by molar-refractivity contribution is -0.0727. The molecule has 2 rings (SSSR count). The minimum Gasteiger partial charge on any atom is -0.376 e. The smallest absolute Gasteiger partial charge is 0.0700 e. The molecule has 20 heavy (non-hydrogen) atoms. The molecular weight excluding hydrogens is 250 g/mol. The lowest BCUT2D eigenvalue weighted by Gasteiger charge is -2.47. The molecule has 0 radical (unpaired) electrons. The van der Waals surface area contributed by atoms with Gasteiger partial charge in [0.1, 0.15) is 0 Å².